The van der Waals surface area contributed by atoms with E-state index in [0.29, 0.717) is 41.9 Å². The molecule has 1 saturated heterocycles. The van der Waals surface area contributed by atoms with E-state index in [1.807, 2.05) is 42.2 Å². The van der Waals surface area contributed by atoms with E-state index in [-0.39, 0.29) is 5.91 Å². The van der Waals surface area contributed by atoms with Gasteiger partial charge >= 0.3 is 0 Å². The molecule has 1 aliphatic heterocycles. The van der Waals surface area contributed by atoms with E-state index >= 15 is 0 Å². The molecule has 0 saturated carbocycles. The second-order valence-corrected chi connectivity index (χ2v) is 8.45. The molecule has 4 heterocycles. The van der Waals surface area contributed by atoms with Crippen LogP contribution in [0.4, 0.5) is 5.82 Å². The number of thiazole rings is 1. The van der Waals surface area contributed by atoms with Crippen LogP contribution >= 0.6 is 22.9 Å². The fourth-order valence-corrected chi connectivity index (χ4v) is 4.77. The molecule has 0 N–H and O–H groups in total. The van der Waals surface area contributed by atoms with Gasteiger partial charge in [0, 0.05) is 43.5 Å². The quantitative estimate of drug-likeness (QED) is 0.487. The summed E-state index contributed by atoms with van der Waals surface area (Å²) in [5.74, 6) is 1.53. The average molecular weight is 440 g/mol. The molecule has 4 aromatic rings. The lowest BCUT2D eigenvalue weighted by Gasteiger charge is -2.35. The Hall–Kier alpha value is -3.04. The van der Waals surface area contributed by atoms with Crippen molar-refractivity contribution in [1.82, 2.24) is 29.5 Å². The van der Waals surface area contributed by atoms with Crippen molar-refractivity contribution in [2.45, 2.75) is 6.92 Å². The van der Waals surface area contributed by atoms with Crippen molar-refractivity contribution >= 4 is 40.4 Å². The number of benzene rings is 1. The number of amides is 1. The minimum absolute atomic E-state index is 0.00210. The monoisotopic (exact) mass is 439 g/mol. The first kappa shape index (κ1) is 19.0. The number of anilines is 1. The van der Waals surface area contributed by atoms with Gasteiger partial charge in [0.15, 0.2) is 0 Å². The lowest BCUT2D eigenvalue weighted by atomic mass is 10.2. The lowest BCUT2D eigenvalue weighted by Crippen LogP contribution is -2.49. The van der Waals surface area contributed by atoms with Gasteiger partial charge in [-0.2, -0.15) is 14.6 Å². The average Bonchev–Trinajstić information content (AvgIpc) is 3.43. The molecule has 5 rings (SSSR count). The number of piperazine rings is 1. The van der Waals surface area contributed by atoms with Crippen LogP contribution in [0.3, 0.4) is 0 Å². The number of hydrogen-bond acceptors (Lipinski definition) is 7. The van der Waals surface area contributed by atoms with Gasteiger partial charge in [0.25, 0.3) is 11.7 Å². The van der Waals surface area contributed by atoms with Crippen LogP contribution in [0.1, 0.15) is 15.4 Å². The van der Waals surface area contributed by atoms with E-state index in [1.54, 1.807) is 10.7 Å². The van der Waals surface area contributed by atoms with Crippen molar-refractivity contribution in [2.24, 2.45) is 0 Å². The van der Waals surface area contributed by atoms with Crippen molar-refractivity contribution in [2.75, 3.05) is 31.1 Å². The van der Waals surface area contributed by atoms with Gasteiger partial charge in [0.1, 0.15) is 22.0 Å². The molecule has 152 valence electrons. The Morgan fingerprint density at radius 2 is 1.93 bits per heavy atom. The number of carbonyl (C=O) groups is 1. The summed E-state index contributed by atoms with van der Waals surface area (Å²) >= 11 is 7.64. The number of carbonyl (C=O) groups excluding carboxylic acids is 1. The summed E-state index contributed by atoms with van der Waals surface area (Å²) in [4.78, 5) is 30.7. The van der Waals surface area contributed by atoms with Crippen LogP contribution in [0.25, 0.3) is 16.3 Å². The first-order valence-electron chi connectivity index (χ1n) is 9.52. The summed E-state index contributed by atoms with van der Waals surface area (Å²) in [5, 5.41) is 5.66. The maximum Gasteiger partial charge on any atom is 0.265 e. The lowest BCUT2D eigenvalue weighted by molar-refractivity contribution is 0.0751. The number of fused-ring (bicyclic) bond motifs is 1. The molecule has 0 spiro atoms. The van der Waals surface area contributed by atoms with Crippen molar-refractivity contribution in [3.05, 3.63) is 58.4 Å². The third kappa shape index (κ3) is 3.40. The minimum atomic E-state index is 0.00210. The number of aryl methyl sites for hydroxylation is 1. The highest BCUT2D eigenvalue weighted by Crippen LogP contribution is 2.31. The molecule has 1 fully saturated rings. The smallest absolute Gasteiger partial charge is 0.265 e. The summed E-state index contributed by atoms with van der Waals surface area (Å²) in [6.07, 6.45) is 3.15. The van der Waals surface area contributed by atoms with Crippen molar-refractivity contribution in [3.63, 3.8) is 0 Å². The fraction of sp³-hybridized carbons (Fsp3) is 0.250. The predicted octanol–water partition coefficient (Wildman–Crippen LogP) is 3.17. The van der Waals surface area contributed by atoms with Crippen LogP contribution in [-0.4, -0.2) is 61.6 Å². The highest BCUT2D eigenvalue weighted by molar-refractivity contribution is 7.17. The van der Waals surface area contributed by atoms with Gasteiger partial charge in [-0.3, -0.25) is 4.79 Å². The summed E-state index contributed by atoms with van der Waals surface area (Å²) < 4.78 is 1.74. The van der Waals surface area contributed by atoms with Crippen LogP contribution in [-0.2, 0) is 0 Å². The molecule has 0 bridgehead atoms. The van der Waals surface area contributed by atoms with Crippen LogP contribution in [0.2, 0.25) is 5.02 Å². The second kappa shape index (κ2) is 7.66. The Morgan fingerprint density at radius 3 is 2.73 bits per heavy atom. The maximum absolute atomic E-state index is 13.0. The van der Waals surface area contributed by atoms with Gasteiger partial charge in [0.2, 0.25) is 0 Å². The van der Waals surface area contributed by atoms with Gasteiger partial charge in [-0.25, -0.2) is 9.97 Å². The van der Waals surface area contributed by atoms with Crippen LogP contribution in [0, 0.1) is 6.92 Å². The number of rotatable bonds is 3. The zero-order valence-corrected chi connectivity index (χ0v) is 17.8. The van der Waals surface area contributed by atoms with Crippen LogP contribution < -0.4 is 4.90 Å². The maximum atomic E-state index is 13.0. The van der Waals surface area contributed by atoms with Crippen molar-refractivity contribution < 1.29 is 4.79 Å². The highest BCUT2D eigenvalue weighted by Gasteiger charge is 2.25. The predicted molar refractivity (Wildman–Crippen MR) is 116 cm³/mol. The van der Waals surface area contributed by atoms with E-state index in [4.69, 9.17) is 11.6 Å². The zero-order valence-electron chi connectivity index (χ0n) is 16.2. The molecule has 1 amide bonds. The summed E-state index contributed by atoms with van der Waals surface area (Å²) in [7, 11) is 0. The Bertz CT molecular complexity index is 1230. The number of aromatic nitrogens is 5. The molecule has 8 nitrogen and oxygen atoms in total. The topological polar surface area (TPSA) is 79.5 Å². The van der Waals surface area contributed by atoms with E-state index in [1.165, 1.54) is 17.7 Å². The van der Waals surface area contributed by atoms with Gasteiger partial charge in [-0.1, -0.05) is 29.8 Å². The van der Waals surface area contributed by atoms with Gasteiger partial charge in [-0.15, -0.1) is 11.3 Å². The van der Waals surface area contributed by atoms with Gasteiger partial charge < -0.3 is 9.80 Å². The second-order valence-electron chi connectivity index (χ2n) is 7.02. The Labute approximate surface area is 181 Å². The number of hydrogen-bond donors (Lipinski definition) is 0. The largest absolute Gasteiger partial charge is 0.353 e. The molecule has 0 aliphatic carbocycles. The molecule has 0 radical (unpaired) electrons. The minimum Gasteiger partial charge on any atom is -0.353 e. The molecule has 0 atom stereocenters. The number of halogens is 1. The third-order valence-corrected chi connectivity index (χ3v) is 6.42. The molecule has 3 aromatic heterocycles. The standard InChI is InChI=1S/C20H18ClN7OS/c1-13-10-17(28-20(25-13)23-12-24-28)26-6-8-27(9-7-26)19(29)16-11-22-18(30-16)14-4-2-3-5-15(14)21/h2-5,10-12H,6-9H2,1H3. The number of nitrogens with zero attached hydrogens (tertiary/aromatic N) is 7. The molecule has 1 aromatic carbocycles. The first-order chi connectivity index (χ1) is 14.6. The van der Waals surface area contributed by atoms with Crippen molar-refractivity contribution in [3.8, 4) is 10.6 Å². The first-order valence-corrected chi connectivity index (χ1v) is 10.7. The van der Waals surface area contributed by atoms with E-state index in [2.05, 4.69) is 25.0 Å². The summed E-state index contributed by atoms with van der Waals surface area (Å²) in [6.45, 7) is 4.60. The van der Waals surface area contributed by atoms with Crippen LogP contribution in [0.5, 0.6) is 0 Å². The van der Waals surface area contributed by atoms with Gasteiger partial charge in [0.05, 0.1) is 11.2 Å². The zero-order chi connectivity index (χ0) is 20.7. The van der Waals surface area contributed by atoms with E-state index in [9.17, 15) is 4.79 Å². The Morgan fingerprint density at radius 1 is 1.13 bits per heavy atom. The fourth-order valence-electron chi connectivity index (χ4n) is 3.56. The van der Waals surface area contributed by atoms with Crippen molar-refractivity contribution in [1.29, 1.82) is 0 Å². The molecular formula is C20H18ClN7OS. The van der Waals surface area contributed by atoms with Crippen LogP contribution in [0.15, 0.2) is 42.9 Å². The highest BCUT2D eigenvalue weighted by atomic mass is 35.5. The summed E-state index contributed by atoms with van der Waals surface area (Å²) in [6, 6.07) is 9.53. The normalized spacial score (nSPS) is 14.5. The van der Waals surface area contributed by atoms with E-state index < -0.39 is 0 Å². The Balaban J connectivity index is 1.31. The molecule has 30 heavy (non-hydrogen) atoms. The molecule has 10 heteroatoms. The third-order valence-electron chi connectivity index (χ3n) is 5.07. The SMILES string of the molecule is Cc1cc(N2CCN(C(=O)c3cnc(-c4ccccc4Cl)s3)CC2)n2ncnc2n1. The molecule has 1 aliphatic rings. The van der Waals surface area contributed by atoms with E-state index in [0.717, 1.165) is 22.1 Å². The Kier molecular flexibility index (Phi) is 4.84. The molecule has 0 unspecified atom stereocenters. The summed E-state index contributed by atoms with van der Waals surface area (Å²) in [5.41, 5.74) is 1.73. The van der Waals surface area contributed by atoms with Gasteiger partial charge in [-0.05, 0) is 13.0 Å². The molecular weight excluding hydrogens is 422 g/mol.